The Kier molecular flexibility index (Phi) is 16.7. The van der Waals surface area contributed by atoms with Gasteiger partial charge in [-0.3, -0.25) is 4.52 Å². The molecule has 0 spiro atoms. The second-order valence-electron chi connectivity index (χ2n) is 6.00. The van der Waals surface area contributed by atoms with Gasteiger partial charge in [0.1, 0.15) is 0 Å². The van der Waals surface area contributed by atoms with Gasteiger partial charge >= 0.3 is 7.82 Å². The van der Waals surface area contributed by atoms with Crippen LogP contribution in [0.4, 0.5) is 0 Å². The zero-order valence-corrected chi connectivity index (χ0v) is 15.7. The number of phosphoric ester groups is 1. The normalized spacial score (nSPS) is 12.0. The Morgan fingerprint density at radius 3 is 1.27 bits per heavy atom. The van der Waals surface area contributed by atoms with E-state index in [4.69, 9.17) is 9.79 Å². The SMILES string of the molecule is O=P(O)(O)OCCCCCCCCCCCCCCCCS. The van der Waals surface area contributed by atoms with Crippen molar-refractivity contribution in [3.63, 3.8) is 0 Å². The summed E-state index contributed by atoms with van der Waals surface area (Å²) in [4.78, 5) is 17.0. The molecule has 0 saturated heterocycles. The van der Waals surface area contributed by atoms with Crippen molar-refractivity contribution in [1.82, 2.24) is 0 Å². The summed E-state index contributed by atoms with van der Waals surface area (Å²) in [7, 11) is -4.26. The highest BCUT2D eigenvalue weighted by atomic mass is 32.1. The maximum atomic E-state index is 10.4. The Morgan fingerprint density at radius 2 is 0.955 bits per heavy atom. The van der Waals surface area contributed by atoms with E-state index in [1.807, 2.05) is 0 Å². The first-order valence-corrected chi connectivity index (χ1v) is 11.0. The average Bonchev–Trinajstić information content (AvgIpc) is 2.45. The lowest BCUT2D eigenvalue weighted by molar-refractivity contribution is 0.193. The maximum absolute atomic E-state index is 10.4. The second kappa shape index (κ2) is 16.3. The van der Waals surface area contributed by atoms with E-state index in [1.54, 1.807) is 0 Å². The standard InChI is InChI=1S/C16H35O4PS/c17-21(18,19)20-15-13-11-9-7-5-3-1-2-4-6-8-10-12-14-16-22/h22H,1-16H2,(H2,17,18,19). The van der Waals surface area contributed by atoms with Crippen LogP contribution in [0.15, 0.2) is 0 Å². The molecule has 0 aliphatic rings. The quantitative estimate of drug-likeness (QED) is 0.184. The highest BCUT2D eigenvalue weighted by Crippen LogP contribution is 2.35. The Balaban J connectivity index is 3.01. The van der Waals surface area contributed by atoms with Crippen molar-refractivity contribution < 1.29 is 18.9 Å². The molecule has 0 aromatic rings. The Morgan fingerprint density at radius 1 is 0.636 bits per heavy atom. The zero-order chi connectivity index (χ0) is 16.5. The Hall–Kier alpha value is 0.460. The van der Waals surface area contributed by atoms with Crippen LogP contribution >= 0.6 is 20.5 Å². The van der Waals surface area contributed by atoms with Gasteiger partial charge in [0.2, 0.25) is 0 Å². The van der Waals surface area contributed by atoms with Crippen molar-refractivity contribution in [2.45, 2.75) is 89.9 Å². The van der Waals surface area contributed by atoms with Gasteiger partial charge < -0.3 is 9.79 Å². The first-order valence-electron chi connectivity index (χ1n) is 8.87. The largest absolute Gasteiger partial charge is 0.469 e. The number of rotatable bonds is 17. The summed E-state index contributed by atoms with van der Waals surface area (Å²) in [5.74, 6) is 1.02. The Labute approximate surface area is 142 Å². The Bertz CT molecular complexity index is 271. The molecule has 134 valence electrons. The third-order valence-corrected chi connectivity index (χ3v) is 4.65. The van der Waals surface area contributed by atoms with Crippen molar-refractivity contribution in [1.29, 1.82) is 0 Å². The molecule has 0 bridgehead atoms. The summed E-state index contributed by atoms with van der Waals surface area (Å²) in [5, 5.41) is 0. The average molecular weight is 354 g/mol. The van der Waals surface area contributed by atoms with E-state index in [2.05, 4.69) is 17.2 Å². The molecule has 0 amide bonds. The zero-order valence-electron chi connectivity index (χ0n) is 13.9. The predicted octanol–water partition coefficient (Wildman–Crippen LogP) is 5.49. The van der Waals surface area contributed by atoms with Crippen LogP contribution in [0.3, 0.4) is 0 Å². The first kappa shape index (κ1) is 22.5. The summed E-state index contributed by atoms with van der Waals surface area (Å²) in [6.07, 6.45) is 17.5. The molecule has 22 heavy (non-hydrogen) atoms. The highest BCUT2D eigenvalue weighted by molar-refractivity contribution is 7.80. The molecule has 0 aliphatic heterocycles. The summed E-state index contributed by atoms with van der Waals surface area (Å²) >= 11 is 4.22. The van der Waals surface area contributed by atoms with Gasteiger partial charge in [-0.1, -0.05) is 77.0 Å². The summed E-state index contributed by atoms with van der Waals surface area (Å²) in [5.41, 5.74) is 0. The molecule has 0 aliphatic carbocycles. The highest BCUT2D eigenvalue weighted by Gasteiger charge is 2.12. The molecule has 0 heterocycles. The van der Waals surface area contributed by atoms with Gasteiger partial charge in [0.15, 0.2) is 0 Å². The van der Waals surface area contributed by atoms with Gasteiger partial charge in [0, 0.05) is 0 Å². The van der Waals surface area contributed by atoms with Gasteiger partial charge in [-0.2, -0.15) is 12.6 Å². The lowest BCUT2D eigenvalue weighted by atomic mass is 10.0. The molecule has 0 fully saturated rings. The molecule has 0 aromatic heterocycles. The molecule has 0 unspecified atom stereocenters. The van der Waals surface area contributed by atoms with Crippen molar-refractivity contribution in [3.8, 4) is 0 Å². The van der Waals surface area contributed by atoms with Crippen LogP contribution in [0.5, 0.6) is 0 Å². The minimum atomic E-state index is -4.26. The van der Waals surface area contributed by atoms with Crippen molar-refractivity contribution >= 4 is 20.5 Å². The van der Waals surface area contributed by atoms with E-state index in [0.717, 1.165) is 25.0 Å². The van der Waals surface area contributed by atoms with Crippen molar-refractivity contribution in [2.75, 3.05) is 12.4 Å². The number of hydrogen-bond donors (Lipinski definition) is 3. The third kappa shape index (κ3) is 20.5. The molecule has 0 aromatic carbocycles. The number of thiol groups is 1. The number of unbranched alkanes of at least 4 members (excludes halogenated alkanes) is 13. The summed E-state index contributed by atoms with van der Waals surface area (Å²) < 4.78 is 14.9. The van der Waals surface area contributed by atoms with E-state index in [-0.39, 0.29) is 6.61 Å². The molecule has 2 N–H and O–H groups in total. The van der Waals surface area contributed by atoms with Crippen LogP contribution in [0.2, 0.25) is 0 Å². The lowest BCUT2D eigenvalue weighted by Crippen LogP contribution is -1.92. The predicted molar refractivity (Wildman–Crippen MR) is 96.5 cm³/mol. The molecular weight excluding hydrogens is 319 g/mol. The van der Waals surface area contributed by atoms with Crippen LogP contribution in [0.1, 0.15) is 89.9 Å². The van der Waals surface area contributed by atoms with E-state index in [9.17, 15) is 4.57 Å². The fraction of sp³-hybridized carbons (Fsp3) is 1.00. The minimum absolute atomic E-state index is 0.165. The van der Waals surface area contributed by atoms with Crippen LogP contribution < -0.4 is 0 Å². The van der Waals surface area contributed by atoms with E-state index in [1.165, 1.54) is 70.6 Å². The second-order valence-corrected chi connectivity index (χ2v) is 7.68. The van der Waals surface area contributed by atoms with Crippen LogP contribution in [-0.2, 0) is 9.09 Å². The first-order chi connectivity index (χ1) is 10.6. The van der Waals surface area contributed by atoms with Crippen LogP contribution in [0, 0.1) is 0 Å². The maximum Gasteiger partial charge on any atom is 0.469 e. The summed E-state index contributed by atoms with van der Waals surface area (Å²) in [6.45, 7) is 0.165. The fourth-order valence-electron chi connectivity index (χ4n) is 2.52. The number of hydrogen-bond acceptors (Lipinski definition) is 3. The molecule has 6 heteroatoms. The van der Waals surface area contributed by atoms with E-state index >= 15 is 0 Å². The van der Waals surface area contributed by atoms with Crippen LogP contribution in [0.25, 0.3) is 0 Å². The van der Waals surface area contributed by atoms with Gasteiger partial charge in [-0.15, -0.1) is 0 Å². The molecule has 0 radical (unpaired) electrons. The van der Waals surface area contributed by atoms with E-state index < -0.39 is 7.82 Å². The molecule has 0 saturated carbocycles. The minimum Gasteiger partial charge on any atom is -0.303 e. The fourth-order valence-corrected chi connectivity index (χ4v) is 3.11. The lowest BCUT2D eigenvalue weighted by Gasteiger charge is -2.05. The van der Waals surface area contributed by atoms with Crippen molar-refractivity contribution in [2.24, 2.45) is 0 Å². The van der Waals surface area contributed by atoms with Crippen molar-refractivity contribution in [3.05, 3.63) is 0 Å². The van der Waals surface area contributed by atoms with Gasteiger partial charge in [0.05, 0.1) is 6.61 Å². The topological polar surface area (TPSA) is 66.8 Å². The molecule has 4 nitrogen and oxygen atoms in total. The van der Waals surface area contributed by atoms with Gasteiger partial charge in [-0.05, 0) is 18.6 Å². The molecule has 0 rings (SSSR count). The van der Waals surface area contributed by atoms with Crippen LogP contribution in [-0.4, -0.2) is 22.1 Å². The number of phosphoric acid groups is 1. The molecular formula is C16H35O4PS. The molecule has 0 atom stereocenters. The smallest absolute Gasteiger partial charge is 0.303 e. The summed E-state index contributed by atoms with van der Waals surface area (Å²) in [6, 6.07) is 0. The monoisotopic (exact) mass is 354 g/mol. The van der Waals surface area contributed by atoms with Gasteiger partial charge in [-0.25, -0.2) is 4.57 Å². The van der Waals surface area contributed by atoms with E-state index in [0.29, 0.717) is 0 Å². The third-order valence-electron chi connectivity index (χ3n) is 3.81. The van der Waals surface area contributed by atoms with Gasteiger partial charge in [0.25, 0.3) is 0 Å².